The van der Waals surface area contributed by atoms with E-state index in [4.69, 9.17) is 14.2 Å². The Bertz CT molecular complexity index is 666. The molecule has 134 valence electrons. The molecule has 5 nitrogen and oxygen atoms in total. The minimum absolute atomic E-state index is 0.0904. The predicted octanol–water partition coefficient (Wildman–Crippen LogP) is 2.97. The quantitative estimate of drug-likeness (QED) is 0.709. The number of rotatable bonds is 9. The lowest BCUT2D eigenvalue weighted by Crippen LogP contribution is -2.29. The van der Waals surface area contributed by atoms with E-state index in [1.54, 1.807) is 44.6 Å². The zero-order valence-corrected chi connectivity index (χ0v) is 14.4. The summed E-state index contributed by atoms with van der Waals surface area (Å²) < 4.78 is 28.6. The van der Waals surface area contributed by atoms with Crippen LogP contribution in [0.4, 0.5) is 4.39 Å². The van der Waals surface area contributed by atoms with Crippen LogP contribution in [0.3, 0.4) is 0 Å². The van der Waals surface area contributed by atoms with Crippen LogP contribution in [-0.4, -0.2) is 33.3 Å². The lowest BCUT2D eigenvalue weighted by atomic mass is 10.1. The molecular weight excluding hydrogens is 325 g/mol. The largest absolute Gasteiger partial charge is 0.496 e. The van der Waals surface area contributed by atoms with Crippen LogP contribution in [0.2, 0.25) is 0 Å². The van der Waals surface area contributed by atoms with Crippen LogP contribution < -0.4 is 19.5 Å². The number of halogens is 1. The third-order valence-electron chi connectivity index (χ3n) is 3.57. The molecule has 0 atom stereocenters. The van der Waals surface area contributed by atoms with Crippen molar-refractivity contribution in [3.63, 3.8) is 0 Å². The summed E-state index contributed by atoms with van der Waals surface area (Å²) in [6.07, 6.45) is 1.54. The molecule has 1 N–H and O–H groups in total. The SMILES string of the molecule is COc1cc(OC)cc(OCC(=O)NCCCc2ccc(F)cc2)c1. The lowest BCUT2D eigenvalue weighted by molar-refractivity contribution is -0.123. The highest BCUT2D eigenvalue weighted by Gasteiger charge is 2.06. The third-order valence-corrected chi connectivity index (χ3v) is 3.57. The summed E-state index contributed by atoms with van der Waals surface area (Å²) >= 11 is 0. The molecular formula is C19H22FNO4. The monoisotopic (exact) mass is 347 g/mol. The van der Waals surface area contributed by atoms with E-state index in [9.17, 15) is 9.18 Å². The van der Waals surface area contributed by atoms with Crippen molar-refractivity contribution < 1.29 is 23.4 Å². The number of methoxy groups -OCH3 is 2. The van der Waals surface area contributed by atoms with Gasteiger partial charge in [0, 0.05) is 24.7 Å². The van der Waals surface area contributed by atoms with Crippen molar-refractivity contribution in [3.05, 3.63) is 53.8 Å². The van der Waals surface area contributed by atoms with Gasteiger partial charge in [-0.1, -0.05) is 12.1 Å². The van der Waals surface area contributed by atoms with Crippen molar-refractivity contribution in [1.29, 1.82) is 0 Å². The molecule has 0 fully saturated rings. The molecule has 6 heteroatoms. The molecule has 0 radical (unpaired) electrons. The van der Waals surface area contributed by atoms with Crippen LogP contribution in [0.15, 0.2) is 42.5 Å². The van der Waals surface area contributed by atoms with E-state index in [0.29, 0.717) is 23.8 Å². The zero-order chi connectivity index (χ0) is 18.1. The average molecular weight is 347 g/mol. The molecule has 2 rings (SSSR count). The Hall–Kier alpha value is -2.76. The summed E-state index contributed by atoms with van der Waals surface area (Å²) in [4.78, 5) is 11.8. The number of nitrogens with one attached hydrogen (secondary N) is 1. The van der Waals surface area contributed by atoms with E-state index in [0.717, 1.165) is 18.4 Å². The van der Waals surface area contributed by atoms with Crippen molar-refractivity contribution >= 4 is 5.91 Å². The van der Waals surface area contributed by atoms with Gasteiger partial charge >= 0.3 is 0 Å². The number of carbonyl (C=O) groups is 1. The molecule has 0 heterocycles. The molecule has 0 unspecified atom stereocenters. The number of hydrogen-bond donors (Lipinski definition) is 1. The van der Waals surface area contributed by atoms with Crippen molar-refractivity contribution in [3.8, 4) is 17.2 Å². The molecule has 0 aliphatic carbocycles. The van der Waals surface area contributed by atoms with Crippen LogP contribution in [0.5, 0.6) is 17.2 Å². The minimum atomic E-state index is -0.247. The van der Waals surface area contributed by atoms with Crippen molar-refractivity contribution in [1.82, 2.24) is 5.32 Å². The van der Waals surface area contributed by atoms with Crippen molar-refractivity contribution in [2.45, 2.75) is 12.8 Å². The fraction of sp³-hybridized carbons (Fsp3) is 0.316. The van der Waals surface area contributed by atoms with Crippen LogP contribution in [0, 0.1) is 5.82 Å². The number of benzene rings is 2. The minimum Gasteiger partial charge on any atom is -0.496 e. The molecule has 2 aromatic carbocycles. The Morgan fingerprint density at radius 3 is 2.20 bits per heavy atom. The van der Waals surface area contributed by atoms with Crippen molar-refractivity contribution in [2.75, 3.05) is 27.4 Å². The molecule has 0 aromatic heterocycles. The van der Waals surface area contributed by atoms with E-state index in [1.165, 1.54) is 12.1 Å². The average Bonchev–Trinajstić information content (AvgIpc) is 2.64. The summed E-state index contributed by atoms with van der Waals surface area (Å²) in [7, 11) is 3.10. The Kier molecular flexibility index (Phi) is 7.07. The number of hydrogen-bond acceptors (Lipinski definition) is 4. The summed E-state index contributed by atoms with van der Waals surface area (Å²) in [5.74, 6) is 1.23. The smallest absolute Gasteiger partial charge is 0.257 e. The summed E-state index contributed by atoms with van der Waals surface area (Å²) in [5, 5.41) is 2.79. The highest BCUT2D eigenvalue weighted by molar-refractivity contribution is 5.77. The molecule has 0 aliphatic heterocycles. The number of aryl methyl sites for hydroxylation is 1. The predicted molar refractivity (Wildman–Crippen MR) is 92.8 cm³/mol. The molecule has 0 aliphatic rings. The van der Waals surface area contributed by atoms with Crippen LogP contribution in [0.1, 0.15) is 12.0 Å². The molecule has 0 spiro atoms. The van der Waals surface area contributed by atoms with Crippen molar-refractivity contribution in [2.24, 2.45) is 0 Å². The highest BCUT2D eigenvalue weighted by Crippen LogP contribution is 2.27. The Morgan fingerprint density at radius 2 is 1.60 bits per heavy atom. The van der Waals surface area contributed by atoms with Gasteiger partial charge in [-0.15, -0.1) is 0 Å². The Morgan fingerprint density at radius 1 is 1.00 bits per heavy atom. The zero-order valence-electron chi connectivity index (χ0n) is 14.4. The van der Waals surface area contributed by atoms with E-state index in [2.05, 4.69) is 5.32 Å². The van der Waals surface area contributed by atoms with Crippen LogP contribution in [-0.2, 0) is 11.2 Å². The van der Waals surface area contributed by atoms with E-state index < -0.39 is 0 Å². The van der Waals surface area contributed by atoms with Crippen LogP contribution in [0.25, 0.3) is 0 Å². The molecule has 2 aromatic rings. The second-order valence-electron chi connectivity index (χ2n) is 5.42. The maximum Gasteiger partial charge on any atom is 0.257 e. The van der Waals surface area contributed by atoms with E-state index in [-0.39, 0.29) is 18.3 Å². The van der Waals surface area contributed by atoms with Crippen LogP contribution >= 0.6 is 0 Å². The van der Waals surface area contributed by atoms with Gasteiger partial charge in [-0.2, -0.15) is 0 Å². The number of ether oxygens (including phenoxy) is 3. The fourth-order valence-electron chi connectivity index (χ4n) is 2.24. The lowest BCUT2D eigenvalue weighted by Gasteiger charge is -2.10. The standard InChI is InChI=1S/C19H22FNO4/c1-23-16-10-17(24-2)12-18(11-16)25-13-19(22)21-9-3-4-14-5-7-15(20)8-6-14/h5-8,10-12H,3-4,9,13H2,1-2H3,(H,21,22). The number of carbonyl (C=O) groups excluding carboxylic acids is 1. The Labute approximate surface area is 146 Å². The maximum absolute atomic E-state index is 12.8. The molecule has 1 amide bonds. The fourth-order valence-corrected chi connectivity index (χ4v) is 2.24. The molecule has 0 saturated heterocycles. The summed E-state index contributed by atoms with van der Waals surface area (Å²) in [6, 6.07) is 11.5. The first kappa shape index (κ1) is 18.6. The van der Waals surface area contributed by atoms with Gasteiger partial charge in [-0.25, -0.2) is 4.39 Å². The van der Waals surface area contributed by atoms with Gasteiger partial charge in [0.1, 0.15) is 23.1 Å². The van der Waals surface area contributed by atoms with Gasteiger partial charge in [-0.05, 0) is 30.5 Å². The summed E-state index contributed by atoms with van der Waals surface area (Å²) in [5.41, 5.74) is 1.04. The first-order valence-corrected chi connectivity index (χ1v) is 7.97. The Balaban J connectivity index is 1.71. The van der Waals surface area contributed by atoms with Gasteiger partial charge in [0.25, 0.3) is 5.91 Å². The van der Waals surface area contributed by atoms with E-state index >= 15 is 0 Å². The van der Waals surface area contributed by atoms with Gasteiger partial charge in [0.05, 0.1) is 14.2 Å². The number of amides is 1. The van der Waals surface area contributed by atoms with Gasteiger partial charge in [0.2, 0.25) is 0 Å². The topological polar surface area (TPSA) is 56.8 Å². The molecule has 25 heavy (non-hydrogen) atoms. The maximum atomic E-state index is 12.8. The summed E-state index contributed by atoms with van der Waals surface area (Å²) in [6.45, 7) is 0.438. The highest BCUT2D eigenvalue weighted by atomic mass is 19.1. The normalized spacial score (nSPS) is 10.2. The first-order chi connectivity index (χ1) is 12.1. The van der Waals surface area contributed by atoms with Gasteiger partial charge in [0.15, 0.2) is 6.61 Å². The second-order valence-corrected chi connectivity index (χ2v) is 5.42. The van der Waals surface area contributed by atoms with Gasteiger partial charge < -0.3 is 19.5 Å². The third kappa shape index (κ3) is 6.33. The second kappa shape index (κ2) is 9.52. The van der Waals surface area contributed by atoms with E-state index in [1.807, 2.05) is 0 Å². The van der Waals surface area contributed by atoms with Gasteiger partial charge in [-0.3, -0.25) is 4.79 Å². The molecule has 0 bridgehead atoms. The molecule has 0 saturated carbocycles. The first-order valence-electron chi connectivity index (χ1n) is 7.97.